The van der Waals surface area contributed by atoms with Crippen LogP contribution in [0.4, 0.5) is 0 Å². The molecule has 1 aliphatic rings. The van der Waals surface area contributed by atoms with E-state index in [1.165, 1.54) is 11.3 Å². The SMILES string of the molecule is Cc1ncsc1C(=O)N1CCCC(c2nccnc2-c2cccc(Cl)c2)C1. The van der Waals surface area contributed by atoms with E-state index in [0.29, 0.717) is 11.6 Å². The van der Waals surface area contributed by atoms with Crippen LogP contribution in [0.3, 0.4) is 0 Å². The van der Waals surface area contributed by atoms with Crippen LogP contribution < -0.4 is 0 Å². The molecule has 0 aliphatic carbocycles. The molecule has 0 bridgehead atoms. The van der Waals surface area contributed by atoms with Gasteiger partial charge >= 0.3 is 0 Å². The van der Waals surface area contributed by atoms with Gasteiger partial charge in [0.15, 0.2) is 0 Å². The Morgan fingerprint density at radius 1 is 1.26 bits per heavy atom. The van der Waals surface area contributed by atoms with Crippen molar-refractivity contribution in [3.05, 3.63) is 63.5 Å². The topological polar surface area (TPSA) is 59.0 Å². The minimum atomic E-state index is 0.0629. The molecular formula is C20H19ClN4OS. The van der Waals surface area contributed by atoms with Crippen molar-refractivity contribution in [3.63, 3.8) is 0 Å². The van der Waals surface area contributed by atoms with Crippen molar-refractivity contribution >= 4 is 28.8 Å². The van der Waals surface area contributed by atoms with E-state index < -0.39 is 0 Å². The third kappa shape index (κ3) is 3.73. The maximum absolute atomic E-state index is 12.9. The summed E-state index contributed by atoms with van der Waals surface area (Å²) >= 11 is 7.57. The summed E-state index contributed by atoms with van der Waals surface area (Å²) < 4.78 is 0. The predicted molar refractivity (Wildman–Crippen MR) is 107 cm³/mol. The average Bonchev–Trinajstić information content (AvgIpc) is 3.13. The van der Waals surface area contributed by atoms with Crippen molar-refractivity contribution in [2.24, 2.45) is 0 Å². The molecule has 3 aromatic rings. The van der Waals surface area contributed by atoms with Crippen molar-refractivity contribution in [1.29, 1.82) is 0 Å². The number of aromatic nitrogens is 3. The van der Waals surface area contributed by atoms with Crippen molar-refractivity contribution in [3.8, 4) is 11.3 Å². The molecule has 1 aromatic carbocycles. The second kappa shape index (κ2) is 7.74. The number of carbonyl (C=O) groups excluding carboxylic acids is 1. The first-order valence-corrected chi connectivity index (χ1v) is 10.2. The number of rotatable bonds is 3. The molecule has 2 aromatic heterocycles. The van der Waals surface area contributed by atoms with E-state index in [1.54, 1.807) is 17.9 Å². The number of hydrogen-bond acceptors (Lipinski definition) is 5. The minimum absolute atomic E-state index is 0.0629. The summed E-state index contributed by atoms with van der Waals surface area (Å²) in [6.45, 7) is 3.28. The lowest BCUT2D eigenvalue weighted by molar-refractivity contribution is 0.0710. The second-order valence-corrected chi connectivity index (χ2v) is 7.95. The summed E-state index contributed by atoms with van der Waals surface area (Å²) in [5.41, 5.74) is 5.24. The summed E-state index contributed by atoms with van der Waals surface area (Å²) in [5.74, 6) is 0.214. The number of hydrogen-bond donors (Lipinski definition) is 0. The Kier molecular flexibility index (Phi) is 5.18. The van der Waals surface area contributed by atoms with Crippen molar-refractivity contribution in [1.82, 2.24) is 19.9 Å². The lowest BCUT2D eigenvalue weighted by atomic mass is 9.91. The molecule has 3 heterocycles. The lowest BCUT2D eigenvalue weighted by Gasteiger charge is -2.33. The number of carbonyl (C=O) groups is 1. The molecule has 27 heavy (non-hydrogen) atoms. The van der Waals surface area contributed by atoms with Crippen LogP contribution in [0.2, 0.25) is 5.02 Å². The minimum Gasteiger partial charge on any atom is -0.337 e. The van der Waals surface area contributed by atoms with Crippen LogP contribution in [0, 0.1) is 6.92 Å². The van der Waals surface area contributed by atoms with Gasteiger partial charge in [-0.05, 0) is 31.9 Å². The maximum atomic E-state index is 12.9. The molecule has 5 nitrogen and oxygen atoms in total. The number of nitrogens with zero attached hydrogens (tertiary/aromatic N) is 4. The largest absolute Gasteiger partial charge is 0.337 e. The Hall–Kier alpha value is -2.31. The number of benzene rings is 1. The highest BCUT2D eigenvalue weighted by Gasteiger charge is 2.29. The zero-order valence-corrected chi connectivity index (χ0v) is 16.5. The molecule has 7 heteroatoms. The molecule has 0 N–H and O–H groups in total. The Bertz CT molecular complexity index is 974. The molecule has 1 saturated heterocycles. The van der Waals surface area contributed by atoms with Gasteiger partial charge in [-0.15, -0.1) is 11.3 Å². The van der Waals surface area contributed by atoms with E-state index in [4.69, 9.17) is 11.6 Å². The van der Waals surface area contributed by atoms with E-state index in [2.05, 4.69) is 15.0 Å². The average molecular weight is 399 g/mol. The van der Waals surface area contributed by atoms with Gasteiger partial charge in [0.25, 0.3) is 5.91 Å². The highest BCUT2D eigenvalue weighted by Crippen LogP contribution is 2.33. The van der Waals surface area contributed by atoms with Gasteiger partial charge in [-0.2, -0.15) is 0 Å². The summed E-state index contributed by atoms with van der Waals surface area (Å²) in [4.78, 5) is 29.0. The van der Waals surface area contributed by atoms with Gasteiger partial charge in [-0.3, -0.25) is 14.8 Å². The van der Waals surface area contributed by atoms with Gasteiger partial charge in [0.2, 0.25) is 0 Å². The van der Waals surface area contributed by atoms with Crippen molar-refractivity contribution < 1.29 is 4.79 Å². The monoisotopic (exact) mass is 398 g/mol. The fraction of sp³-hybridized carbons (Fsp3) is 0.300. The molecule has 0 spiro atoms. The number of halogens is 1. The fourth-order valence-corrected chi connectivity index (χ4v) is 4.50. The Balaban J connectivity index is 1.63. The van der Waals surface area contributed by atoms with E-state index in [9.17, 15) is 4.79 Å². The number of likely N-dealkylation sites (tertiary alicyclic amines) is 1. The van der Waals surface area contributed by atoms with E-state index in [-0.39, 0.29) is 11.8 Å². The van der Waals surface area contributed by atoms with Gasteiger partial charge in [0, 0.05) is 42.0 Å². The summed E-state index contributed by atoms with van der Waals surface area (Å²) in [6, 6.07) is 7.66. The lowest BCUT2D eigenvalue weighted by Crippen LogP contribution is -2.39. The number of amides is 1. The molecule has 1 atom stereocenters. The van der Waals surface area contributed by atoms with Crippen LogP contribution in [-0.4, -0.2) is 38.8 Å². The molecule has 0 saturated carbocycles. The third-order valence-corrected chi connectivity index (χ3v) is 6.01. The molecule has 1 fully saturated rings. The van der Waals surface area contributed by atoms with Crippen molar-refractivity contribution in [2.45, 2.75) is 25.7 Å². The van der Waals surface area contributed by atoms with Crippen LogP contribution in [0.1, 0.15) is 39.8 Å². The first-order valence-electron chi connectivity index (χ1n) is 8.89. The highest BCUT2D eigenvalue weighted by molar-refractivity contribution is 7.11. The molecule has 138 valence electrons. The van der Waals surface area contributed by atoms with Gasteiger partial charge < -0.3 is 4.90 Å². The highest BCUT2D eigenvalue weighted by atomic mass is 35.5. The van der Waals surface area contributed by atoms with Crippen molar-refractivity contribution in [2.75, 3.05) is 13.1 Å². The molecule has 1 unspecified atom stereocenters. The van der Waals surface area contributed by atoms with E-state index >= 15 is 0 Å². The summed E-state index contributed by atoms with van der Waals surface area (Å²) in [7, 11) is 0. The van der Waals surface area contributed by atoms with Gasteiger partial charge in [-0.25, -0.2) is 4.98 Å². The molecule has 0 radical (unpaired) electrons. The second-order valence-electron chi connectivity index (χ2n) is 6.66. The number of thiazole rings is 1. The zero-order chi connectivity index (χ0) is 18.8. The predicted octanol–water partition coefficient (Wildman–Crippen LogP) is 4.58. The maximum Gasteiger partial charge on any atom is 0.265 e. The quantitative estimate of drug-likeness (QED) is 0.647. The van der Waals surface area contributed by atoms with Gasteiger partial charge in [0.05, 0.1) is 22.6 Å². The molecule has 1 amide bonds. The smallest absolute Gasteiger partial charge is 0.265 e. The number of piperidine rings is 1. The van der Waals surface area contributed by atoms with Crippen LogP contribution >= 0.6 is 22.9 Å². The first kappa shape index (κ1) is 18.1. The van der Waals surface area contributed by atoms with Gasteiger partial charge in [0.1, 0.15) is 4.88 Å². The fourth-order valence-electron chi connectivity index (χ4n) is 3.54. The Labute approximate surface area is 167 Å². The third-order valence-electron chi connectivity index (χ3n) is 4.86. The van der Waals surface area contributed by atoms with Crippen LogP contribution in [0.15, 0.2) is 42.2 Å². The van der Waals surface area contributed by atoms with Gasteiger partial charge in [-0.1, -0.05) is 23.7 Å². The van der Waals surface area contributed by atoms with Crippen LogP contribution in [0.5, 0.6) is 0 Å². The Morgan fingerprint density at radius 3 is 2.89 bits per heavy atom. The summed E-state index contributed by atoms with van der Waals surface area (Å²) in [6.07, 6.45) is 5.35. The number of aryl methyl sites for hydroxylation is 1. The molecule has 1 aliphatic heterocycles. The van der Waals surface area contributed by atoms with E-state index in [1.807, 2.05) is 36.1 Å². The normalized spacial score (nSPS) is 17.1. The van der Waals surface area contributed by atoms with Crippen LogP contribution in [-0.2, 0) is 0 Å². The Morgan fingerprint density at radius 2 is 2.11 bits per heavy atom. The standard InChI is InChI=1S/C20H19ClN4OS/c1-13-19(27-12-24-13)20(26)25-9-3-5-15(11-25)18-17(22-7-8-23-18)14-4-2-6-16(21)10-14/h2,4,6-8,10,12,15H,3,5,9,11H2,1H3. The van der Waals surface area contributed by atoms with Crippen LogP contribution in [0.25, 0.3) is 11.3 Å². The summed E-state index contributed by atoms with van der Waals surface area (Å²) in [5, 5.41) is 0.672. The van der Waals surface area contributed by atoms with E-state index in [0.717, 1.165) is 46.9 Å². The molecular weight excluding hydrogens is 380 g/mol. The first-order chi connectivity index (χ1) is 13.1. The zero-order valence-electron chi connectivity index (χ0n) is 14.9. The molecule has 4 rings (SSSR count).